The first-order valence-electron chi connectivity index (χ1n) is 9.01. The molecule has 3 aromatic rings. The molecule has 3 aromatic carbocycles. The van der Waals surface area contributed by atoms with Crippen LogP contribution in [0.15, 0.2) is 83.3 Å². The zero-order valence-corrected chi connectivity index (χ0v) is 15.9. The first-order chi connectivity index (χ1) is 13.0. The fraction of sp³-hybridized carbons (Fsp3) is 0.130. The second kappa shape index (κ2) is 6.80. The topological polar surface area (TPSA) is 60.2 Å². The SMILES string of the molecule is CCC1=Cc2cccc(-c3ccccc3)c2C1c1ccccc1S(N)(=O)=O. The monoisotopic (exact) mass is 375 g/mol. The van der Waals surface area contributed by atoms with Crippen molar-refractivity contribution in [1.29, 1.82) is 0 Å². The summed E-state index contributed by atoms with van der Waals surface area (Å²) in [7, 11) is -3.81. The molecule has 2 N–H and O–H groups in total. The predicted octanol–water partition coefficient (Wildman–Crippen LogP) is 4.94. The van der Waals surface area contributed by atoms with Crippen molar-refractivity contribution in [2.45, 2.75) is 24.2 Å². The molecule has 0 amide bonds. The average Bonchev–Trinajstić information content (AvgIpc) is 3.06. The van der Waals surface area contributed by atoms with Gasteiger partial charge in [0.1, 0.15) is 0 Å². The highest BCUT2D eigenvalue weighted by molar-refractivity contribution is 7.89. The molecule has 0 saturated carbocycles. The molecular weight excluding hydrogens is 354 g/mol. The Morgan fingerprint density at radius 3 is 2.30 bits per heavy atom. The Morgan fingerprint density at radius 2 is 1.59 bits per heavy atom. The van der Waals surface area contributed by atoms with Crippen LogP contribution in [-0.4, -0.2) is 8.42 Å². The van der Waals surface area contributed by atoms with Crippen LogP contribution in [0.3, 0.4) is 0 Å². The molecule has 1 atom stereocenters. The number of hydrogen-bond acceptors (Lipinski definition) is 2. The molecule has 0 aromatic heterocycles. The van der Waals surface area contributed by atoms with Gasteiger partial charge in [-0.05, 0) is 40.3 Å². The summed E-state index contributed by atoms with van der Waals surface area (Å²) in [6.45, 7) is 2.10. The van der Waals surface area contributed by atoms with Crippen molar-refractivity contribution in [2.24, 2.45) is 5.14 Å². The minimum atomic E-state index is -3.81. The molecular formula is C23H21NO2S. The molecule has 0 bridgehead atoms. The number of allylic oxidation sites excluding steroid dienone is 1. The van der Waals surface area contributed by atoms with Gasteiger partial charge in [-0.3, -0.25) is 0 Å². The molecule has 0 saturated heterocycles. The summed E-state index contributed by atoms with van der Waals surface area (Å²) < 4.78 is 24.5. The molecule has 3 nitrogen and oxygen atoms in total. The van der Waals surface area contributed by atoms with E-state index in [0.717, 1.165) is 34.2 Å². The standard InChI is InChI=1S/C23H21NO2S/c1-2-16-15-18-11-8-13-19(17-9-4-3-5-10-17)23(18)22(16)20-12-6-7-14-21(20)27(24,25)26/h3-15,22H,2H2,1H3,(H2,24,25,26). The third-order valence-electron chi connectivity index (χ3n) is 5.17. The van der Waals surface area contributed by atoms with Crippen molar-refractivity contribution in [3.63, 3.8) is 0 Å². The van der Waals surface area contributed by atoms with Crippen molar-refractivity contribution in [3.8, 4) is 11.1 Å². The summed E-state index contributed by atoms with van der Waals surface area (Å²) in [6, 6.07) is 23.5. The Morgan fingerprint density at radius 1 is 0.889 bits per heavy atom. The third-order valence-corrected chi connectivity index (χ3v) is 6.15. The number of rotatable bonds is 4. The van der Waals surface area contributed by atoms with Gasteiger partial charge in [0, 0.05) is 5.92 Å². The molecule has 0 heterocycles. The molecule has 4 heteroatoms. The second-order valence-electron chi connectivity index (χ2n) is 6.76. The van der Waals surface area contributed by atoms with E-state index >= 15 is 0 Å². The summed E-state index contributed by atoms with van der Waals surface area (Å²) >= 11 is 0. The number of hydrogen-bond donors (Lipinski definition) is 1. The van der Waals surface area contributed by atoms with Gasteiger partial charge in [0.05, 0.1) is 4.90 Å². The van der Waals surface area contributed by atoms with Gasteiger partial charge in [-0.15, -0.1) is 0 Å². The molecule has 1 aliphatic rings. The number of primary sulfonamides is 1. The number of benzene rings is 3. The number of nitrogens with two attached hydrogens (primary N) is 1. The average molecular weight is 375 g/mol. The molecule has 0 fully saturated rings. The summed E-state index contributed by atoms with van der Waals surface area (Å²) in [6.07, 6.45) is 3.03. The Bertz CT molecular complexity index is 1130. The maximum Gasteiger partial charge on any atom is 0.238 e. The van der Waals surface area contributed by atoms with E-state index < -0.39 is 10.0 Å². The molecule has 1 unspecified atom stereocenters. The van der Waals surface area contributed by atoms with Crippen LogP contribution in [-0.2, 0) is 10.0 Å². The van der Waals surface area contributed by atoms with Crippen molar-refractivity contribution in [3.05, 3.63) is 95.1 Å². The highest BCUT2D eigenvalue weighted by Gasteiger charge is 2.31. The molecule has 136 valence electrons. The van der Waals surface area contributed by atoms with Crippen molar-refractivity contribution < 1.29 is 8.42 Å². The van der Waals surface area contributed by atoms with E-state index in [9.17, 15) is 8.42 Å². The first kappa shape index (κ1) is 17.7. The lowest BCUT2D eigenvalue weighted by Gasteiger charge is -2.22. The van der Waals surface area contributed by atoms with Gasteiger partial charge >= 0.3 is 0 Å². The van der Waals surface area contributed by atoms with Crippen molar-refractivity contribution in [2.75, 3.05) is 0 Å². The van der Waals surface area contributed by atoms with Gasteiger partial charge < -0.3 is 0 Å². The lowest BCUT2D eigenvalue weighted by molar-refractivity contribution is 0.596. The van der Waals surface area contributed by atoms with Gasteiger partial charge in [-0.25, -0.2) is 13.6 Å². The van der Waals surface area contributed by atoms with Gasteiger partial charge in [0.2, 0.25) is 10.0 Å². The van der Waals surface area contributed by atoms with Crippen LogP contribution in [0, 0.1) is 0 Å². The minimum absolute atomic E-state index is 0.115. The summed E-state index contributed by atoms with van der Waals surface area (Å²) in [5, 5.41) is 5.53. The van der Waals surface area contributed by atoms with Crippen LogP contribution in [0.4, 0.5) is 0 Å². The maximum atomic E-state index is 12.2. The predicted molar refractivity (Wildman–Crippen MR) is 110 cm³/mol. The highest BCUT2D eigenvalue weighted by Crippen LogP contribution is 2.47. The molecule has 1 aliphatic carbocycles. The van der Waals surface area contributed by atoms with Crippen LogP contribution in [0.25, 0.3) is 17.2 Å². The lowest BCUT2D eigenvalue weighted by atomic mass is 9.83. The summed E-state index contributed by atoms with van der Waals surface area (Å²) in [4.78, 5) is 0.199. The van der Waals surface area contributed by atoms with Gasteiger partial charge in [-0.1, -0.05) is 85.3 Å². The van der Waals surface area contributed by atoms with Crippen LogP contribution in [0.2, 0.25) is 0 Å². The Labute approximate surface area is 160 Å². The van der Waals surface area contributed by atoms with Crippen LogP contribution < -0.4 is 5.14 Å². The van der Waals surface area contributed by atoms with Gasteiger partial charge in [0.15, 0.2) is 0 Å². The van der Waals surface area contributed by atoms with E-state index in [4.69, 9.17) is 5.14 Å². The van der Waals surface area contributed by atoms with E-state index in [2.05, 4.69) is 43.3 Å². The highest BCUT2D eigenvalue weighted by atomic mass is 32.2. The molecule has 4 rings (SSSR count). The fourth-order valence-electron chi connectivity index (χ4n) is 4.01. The number of sulfonamides is 1. The molecule has 0 aliphatic heterocycles. The molecule has 0 spiro atoms. The van der Waals surface area contributed by atoms with Crippen molar-refractivity contribution in [1.82, 2.24) is 0 Å². The zero-order chi connectivity index (χ0) is 19.0. The summed E-state index contributed by atoms with van der Waals surface area (Å²) in [5.74, 6) is -0.115. The largest absolute Gasteiger partial charge is 0.238 e. The van der Waals surface area contributed by atoms with Crippen LogP contribution in [0.5, 0.6) is 0 Å². The van der Waals surface area contributed by atoms with Gasteiger partial charge in [0.25, 0.3) is 0 Å². The smallest absolute Gasteiger partial charge is 0.225 e. The van der Waals surface area contributed by atoms with Crippen molar-refractivity contribution >= 4 is 16.1 Å². The van der Waals surface area contributed by atoms with Gasteiger partial charge in [-0.2, -0.15) is 0 Å². The van der Waals surface area contributed by atoms with Crippen LogP contribution in [0.1, 0.15) is 36.0 Å². The van der Waals surface area contributed by atoms with E-state index in [1.807, 2.05) is 30.3 Å². The quantitative estimate of drug-likeness (QED) is 0.702. The first-order valence-corrected chi connectivity index (χ1v) is 10.6. The Balaban J connectivity index is 2.00. The lowest BCUT2D eigenvalue weighted by Crippen LogP contribution is -2.17. The van der Waals surface area contributed by atoms with E-state index in [1.165, 1.54) is 5.57 Å². The molecule has 0 radical (unpaired) electrons. The van der Waals surface area contributed by atoms with E-state index in [0.29, 0.717) is 0 Å². The summed E-state index contributed by atoms with van der Waals surface area (Å²) in [5.41, 5.74) is 6.49. The Hall–Kier alpha value is -2.69. The zero-order valence-electron chi connectivity index (χ0n) is 15.1. The van der Waals surface area contributed by atoms with E-state index in [1.54, 1.807) is 12.1 Å². The number of fused-ring (bicyclic) bond motifs is 1. The van der Waals surface area contributed by atoms with E-state index in [-0.39, 0.29) is 10.8 Å². The van der Waals surface area contributed by atoms with Crippen LogP contribution >= 0.6 is 0 Å². The normalized spacial score (nSPS) is 16.1. The molecule has 27 heavy (non-hydrogen) atoms. The minimum Gasteiger partial charge on any atom is -0.225 e. The maximum absolute atomic E-state index is 12.2. The Kier molecular flexibility index (Phi) is 4.46. The third kappa shape index (κ3) is 3.11. The fourth-order valence-corrected chi connectivity index (χ4v) is 4.79. The second-order valence-corrected chi connectivity index (χ2v) is 8.29.